The van der Waals surface area contributed by atoms with Crippen molar-refractivity contribution in [1.29, 1.82) is 0 Å². The Morgan fingerprint density at radius 3 is 2.39 bits per heavy atom. The van der Waals surface area contributed by atoms with Crippen molar-refractivity contribution in [3.05, 3.63) is 42.7 Å². The smallest absolute Gasteiger partial charge is 0.230 e. The fourth-order valence-corrected chi connectivity index (χ4v) is 4.87. The lowest BCUT2D eigenvalue weighted by atomic mass is 9.80. The van der Waals surface area contributed by atoms with E-state index >= 15 is 0 Å². The lowest BCUT2D eigenvalue weighted by Gasteiger charge is -2.27. The second kappa shape index (κ2) is 12.0. The third-order valence-corrected chi connectivity index (χ3v) is 6.79. The Morgan fingerprint density at radius 2 is 1.72 bits per heavy atom. The van der Waals surface area contributed by atoms with E-state index < -0.39 is 0 Å². The highest BCUT2D eigenvalue weighted by Crippen LogP contribution is 2.36. The lowest BCUT2D eigenvalue weighted by molar-refractivity contribution is -0.124. The average Bonchev–Trinajstić information content (AvgIpc) is 2.89. The van der Waals surface area contributed by atoms with E-state index in [1.54, 1.807) is 38.5 Å². The number of methoxy groups -OCH3 is 2. The van der Waals surface area contributed by atoms with Crippen molar-refractivity contribution in [3.8, 4) is 23.1 Å². The van der Waals surface area contributed by atoms with E-state index in [-0.39, 0.29) is 11.8 Å². The first-order chi connectivity index (χ1) is 17.5. The number of benzene rings is 2. The molecule has 9 heteroatoms. The van der Waals surface area contributed by atoms with E-state index in [0.717, 1.165) is 37.3 Å². The van der Waals surface area contributed by atoms with Gasteiger partial charge in [0.1, 0.15) is 12.1 Å². The number of carbonyl (C=O) groups is 1. The Bertz CT molecular complexity index is 1210. The van der Waals surface area contributed by atoms with Crippen LogP contribution in [0.25, 0.3) is 10.9 Å². The van der Waals surface area contributed by atoms with Gasteiger partial charge in [0, 0.05) is 17.7 Å². The Hall–Kier alpha value is -3.46. The molecule has 0 spiro atoms. The topological polar surface area (TPSA) is 94.6 Å². The van der Waals surface area contributed by atoms with Crippen molar-refractivity contribution in [2.75, 3.05) is 19.5 Å². The van der Waals surface area contributed by atoms with Crippen LogP contribution in [-0.2, 0) is 4.79 Å². The van der Waals surface area contributed by atoms with E-state index in [1.165, 1.54) is 19.2 Å². The molecule has 0 bridgehead atoms. The highest BCUT2D eigenvalue weighted by molar-refractivity contribution is 7.80. The maximum Gasteiger partial charge on any atom is 0.230 e. The number of rotatable bonds is 8. The van der Waals surface area contributed by atoms with Gasteiger partial charge in [-0.15, -0.1) is 0 Å². The van der Waals surface area contributed by atoms with Gasteiger partial charge in [-0.2, -0.15) is 0 Å². The molecule has 1 saturated carbocycles. The van der Waals surface area contributed by atoms with Crippen molar-refractivity contribution in [3.63, 3.8) is 0 Å². The van der Waals surface area contributed by atoms with Gasteiger partial charge in [-0.1, -0.05) is 19.8 Å². The zero-order chi connectivity index (χ0) is 25.5. The van der Waals surface area contributed by atoms with Crippen LogP contribution in [0.15, 0.2) is 42.7 Å². The number of aromatic nitrogens is 2. The molecule has 36 heavy (non-hydrogen) atoms. The summed E-state index contributed by atoms with van der Waals surface area (Å²) >= 11 is 5.37. The van der Waals surface area contributed by atoms with Gasteiger partial charge < -0.3 is 24.8 Å². The second-order valence-corrected chi connectivity index (χ2v) is 9.39. The van der Waals surface area contributed by atoms with Crippen LogP contribution in [0.4, 0.5) is 5.69 Å². The fourth-order valence-electron chi connectivity index (χ4n) is 4.66. The standard InChI is InChI=1S/C27H32N4O4S/c1-4-5-17-6-8-18(9-7-17)25(32)31-27(36)30-19-10-12-20(13-11-19)35-26-21-14-23(33-2)24(34-3)15-22(21)28-16-29-26/h10-18H,4-9H2,1-3H3,(H2,30,31,32,36). The highest BCUT2D eigenvalue weighted by Gasteiger charge is 2.26. The Kier molecular flexibility index (Phi) is 8.53. The number of nitrogens with zero attached hydrogens (tertiary/aromatic N) is 2. The lowest BCUT2D eigenvalue weighted by Crippen LogP contribution is -2.39. The molecular weight excluding hydrogens is 476 g/mol. The molecule has 1 aliphatic carbocycles. The van der Waals surface area contributed by atoms with Crippen LogP contribution in [0.3, 0.4) is 0 Å². The molecule has 0 saturated heterocycles. The predicted molar refractivity (Wildman–Crippen MR) is 144 cm³/mol. The zero-order valence-electron chi connectivity index (χ0n) is 20.9. The summed E-state index contributed by atoms with van der Waals surface area (Å²) in [5.74, 6) is 2.94. The molecule has 0 aliphatic heterocycles. The van der Waals surface area contributed by atoms with Gasteiger partial charge in [-0.05, 0) is 74.2 Å². The molecule has 190 valence electrons. The first kappa shape index (κ1) is 25.6. The van der Waals surface area contributed by atoms with Crippen LogP contribution in [0.2, 0.25) is 0 Å². The molecule has 1 heterocycles. The molecule has 1 amide bonds. The van der Waals surface area contributed by atoms with Crippen molar-refractivity contribution in [2.45, 2.75) is 45.4 Å². The average molecular weight is 509 g/mol. The number of hydrogen-bond donors (Lipinski definition) is 2. The van der Waals surface area contributed by atoms with Crippen LogP contribution in [0.1, 0.15) is 45.4 Å². The van der Waals surface area contributed by atoms with Crippen molar-refractivity contribution >= 4 is 39.8 Å². The summed E-state index contributed by atoms with van der Waals surface area (Å²) in [7, 11) is 3.15. The number of fused-ring (bicyclic) bond motifs is 1. The molecule has 1 aromatic heterocycles. The number of carbonyl (C=O) groups excluding carboxylic acids is 1. The summed E-state index contributed by atoms with van der Waals surface area (Å²) in [4.78, 5) is 21.2. The van der Waals surface area contributed by atoms with Gasteiger partial charge in [0.05, 0.1) is 25.1 Å². The minimum atomic E-state index is 0.00472. The maximum absolute atomic E-state index is 12.6. The number of hydrogen-bond acceptors (Lipinski definition) is 7. The summed E-state index contributed by atoms with van der Waals surface area (Å²) in [5.41, 5.74) is 1.43. The van der Waals surface area contributed by atoms with E-state index in [0.29, 0.717) is 39.1 Å². The molecular formula is C27H32N4O4S. The quantitative estimate of drug-likeness (QED) is 0.366. The van der Waals surface area contributed by atoms with Crippen molar-refractivity contribution in [2.24, 2.45) is 11.8 Å². The van der Waals surface area contributed by atoms with Crippen molar-refractivity contribution < 1.29 is 19.0 Å². The van der Waals surface area contributed by atoms with Crippen LogP contribution in [0, 0.1) is 11.8 Å². The summed E-state index contributed by atoms with van der Waals surface area (Å²) in [6.07, 6.45) is 8.01. The SMILES string of the molecule is CCCC1CCC(C(=O)NC(=S)Nc2ccc(Oc3ncnc4cc(OC)c(OC)cc34)cc2)CC1. The van der Waals surface area contributed by atoms with Gasteiger partial charge in [0.15, 0.2) is 16.6 Å². The molecule has 2 N–H and O–H groups in total. The van der Waals surface area contributed by atoms with Crippen LogP contribution < -0.4 is 24.8 Å². The Labute approximate surface area is 216 Å². The molecule has 0 atom stereocenters. The fraction of sp³-hybridized carbons (Fsp3) is 0.407. The highest BCUT2D eigenvalue weighted by atomic mass is 32.1. The maximum atomic E-state index is 12.6. The molecule has 3 aromatic rings. The Morgan fingerprint density at radius 1 is 1.03 bits per heavy atom. The number of thiocarbonyl (C=S) groups is 1. The summed E-state index contributed by atoms with van der Waals surface area (Å²) in [6, 6.07) is 10.8. The summed E-state index contributed by atoms with van der Waals surface area (Å²) in [5, 5.41) is 6.93. The minimum absolute atomic E-state index is 0.00472. The largest absolute Gasteiger partial charge is 0.493 e. The second-order valence-electron chi connectivity index (χ2n) is 8.98. The first-order valence-corrected chi connectivity index (χ1v) is 12.7. The molecule has 0 unspecified atom stereocenters. The normalized spacial score (nSPS) is 17.3. The Balaban J connectivity index is 1.35. The zero-order valence-corrected chi connectivity index (χ0v) is 21.7. The number of amides is 1. The number of anilines is 1. The third kappa shape index (κ3) is 6.20. The summed E-state index contributed by atoms with van der Waals surface area (Å²) in [6.45, 7) is 2.22. The van der Waals surface area contributed by atoms with Crippen molar-refractivity contribution in [1.82, 2.24) is 15.3 Å². The molecule has 8 nitrogen and oxygen atoms in total. The van der Waals surface area contributed by atoms with Crippen LogP contribution >= 0.6 is 12.2 Å². The number of nitrogens with one attached hydrogen (secondary N) is 2. The number of ether oxygens (including phenoxy) is 3. The van der Waals surface area contributed by atoms with E-state index in [9.17, 15) is 4.79 Å². The van der Waals surface area contributed by atoms with Crippen LogP contribution in [0.5, 0.6) is 23.1 Å². The minimum Gasteiger partial charge on any atom is -0.493 e. The third-order valence-electron chi connectivity index (χ3n) is 6.58. The molecule has 1 aliphatic rings. The van der Waals surface area contributed by atoms with Gasteiger partial charge >= 0.3 is 0 Å². The molecule has 0 radical (unpaired) electrons. The first-order valence-electron chi connectivity index (χ1n) is 12.3. The van der Waals surface area contributed by atoms with Gasteiger partial charge in [0.2, 0.25) is 11.8 Å². The molecule has 1 fully saturated rings. The van der Waals surface area contributed by atoms with Crippen LogP contribution in [-0.4, -0.2) is 35.2 Å². The van der Waals surface area contributed by atoms with E-state index in [4.69, 9.17) is 26.4 Å². The predicted octanol–water partition coefficient (Wildman–Crippen LogP) is 5.86. The van der Waals surface area contributed by atoms with Gasteiger partial charge in [0.25, 0.3) is 0 Å². The van der Waals surface area contributed by atoms with E-state index in [2.05, 4.69) is 27.5 Å². The monoisotopic (exact) mass is 508 g/mol. The molecule has 2 aromatic carbocycles. The van der Waals surface area contributed by atoms with E-state index in [1.807, 2.05) is 12.1 Å². The van der Waals surface area contributed by atoms with Gasteiger partial charge in [-0.25, -0.2) is 9.97 Å². The van der Waals surface area contributed by atoms with Gasteiger partial charge in [-0.3, -0.25) is 4.79 Å². The summed E-state index contributed by atoms with van der Waals surface area (Å²) < 4.78 is 16.8. The molecule has 4 rings (SSSR count).